The van der Waals surface area contributed by atoms with E-state index in [1.54, 1.807) is 18.2 Å². The Morgan fingerprint density at radius 3 is 2.00 bits per heavy atom. The van der Waals surface area contributed by atoms with Gasteiger partial charge in [0.05, 0.1) is 16.8 Å². The van der Waals surface area contributed by atoms with Gasteiger partial charge in [0.15, 0.2) is 0 Å². The third kappa shape index (κ3) is 3.70. The average molecular weight is 335 g/mol. The van der Waals surface area contributed by atoms with E-state index in [-0.39, 0.29) is 6.04 Å². The van der Waals surface area contributed by atoms with Crippen molar-refractivity contribution >= 4 is 52.1 Å². The summed E-state index contributed by atoms with van der Waals surface area (Å²) in [7, 11) is 0. The first-order valence-electron chi connectivity index (χ1n) is 5.64. The number of anilines is 1. The van der Waals surface area contributed by atoms with Crippen LogP contribution in [0, 0.1) is 0 Å². The first-order chi connectivity index (χ1) is 8.97. The summed E-state index contributed by atoms with van der Waals surface area (Å²) >= 11 is 24.1. The van der Waals surface area contributed by atoms with Gasteiger partial charge < -0.3 is 5.32 Å². The van der Waals surface area contributed by atoms with Gasteiger partial charge in [-0.3, -0.25) is 0 Å². The van der Waals surface area contributed by atoms with Crippen molar-refractivity contribution in [2.45, 2.75) is 13.0 Å². The maximum Gasteiger partial charge on any atom is 0.0652 e. The molecule has 0 aliphatic heterocycles. The molecule has 0 heterocycles. The summed E-state index contributed by atoms with van der Waals surface area (Å²) in [5, 5.41) is 5.71. The molecule has 0 saturated carbocycles. The Morgan fingerprint density at radius 2 is 1.42 bits per heavy atom. The zero-order valence-corrected chi connectivity index (χ0v) is 13.1. The van der Waals surface area contributed by atoms with Crippen molar-refractivity contribution < 1.29 is 0 Å². The van der Waals surface area contributed by atoms with Crippen molar-refractivity contribution in [2.75, 3.05) is 5.32 Å². The Bertz CT molecular complexity index is 598. The lowest BCUT2D eigenvalue weighted by Crippen LogP contribution is -2.07. The summed E-state index contributed by atoms with van der Waals surface area (Å²) in [5.41, 5.74) is 1.77. The van der Waals surface area contributed by atoms with Crippen LogP contribution >= 0.6 is 46.4 Å². The molecule has 2 aromatic rings. The lowest BCUT2D eigenvalue weighted by Gasteiger charge is -2.18. The number of halogens is 4. The van der Waals surface area contributed by atoms with Crippen LogP contribution in [0.3, 0.4) is 0 Å². The van der Waals surface area contributed by atoms with Crippen molar-refractivity contribution in [3.63, 3.8) is 0 Å². The zero-order valence-electron chi connectivity index (χ0n) is 10.1. The predicted octanol–water partition coefficient (Wildman–Crippen LogP) is 6.47. The highest BCUT2D eigenvalue weighted by Crippen LogP contribution is 2.32. The van der Waals surface area contributed by atoms with Crippen LogP contribution in [0.5, 0.6) is 0 Å². The Morgan fingerprint density at radius 1 is 0.842 bits per heavy atom. The molecule has 2 aromatic carbocycles. The zero-order chi connectivity index (χ0) is 14.0. The molecule has 19 heavy (non-hydrogen) atoms. The van der Waals surface area contributed by atoms with Crippen LogP contribution in [0.2, 0.25) is 20.1 Å². The van der Waals surface area contributed by atoms with Crippen molar-refractivity contribution in [2.24, 2.45) is 0 Å². The van der Waals surface area contributed by atoms with Gasteiger partial charge in [-0.1, -0.05) is 52.5 Å². The molecular formula is C14H11Cl4N. The van der Waals surface area contributed by atoms with Crippen LogP contribution in [0.4, 0.5) is 5.69 Å². The van der Waals surface area contributed by atoms with Gasteiger partial charge in [-0.25, -0.2) is 0 Å². The molecule has 100 valence electrons. The minimum atomic E-state index is 0.00319. The largest absolute Gasteiger partial charge is 0.377 e. The maximum absolute atomic E-state index is 6.18. The summed E-state index contributed by atoms with van der Waals surface area (Å²) < 4.78 is 0. The van der Waals surface area contributed by atoms with Crippen molar-refractivity contribution in [1.29, 1.82) is 0 Å². The van der Waals surface area contributed by atoms with Crippen LogP contribution in [-0.2, 0) is 0 Å². The molecule has 0 amide bonds. The predicted molar refractivity (Wildman–Crippen MR) is 85.0 cm³/mol. The van der Waals surface area contributed by atoms with Gasteiger partial charge in [-0.05, 0) is 42.8 Å². The maximum atomic E-state index is 6.18. The molecule has 5 heteroatoms. The monoisotopic (exact) mass is 333 g/mol. The van der Waals surface area contributed by atoms with Gasteiger partial charge in [0, 0.05) is 15.1 Å². The van der Waals surface area contributed by atoms with Crippen LogP contribution in [0.1, 0.15) is 18.5 Å². The van der Waals surface area contributed by atoms with E-state index >= 15 is 0 Å². The molecule has 1 N–H and O–H groups in total. The van der Waals surface area contributed by atoms with Crippen LogP contribution in [0.15, 0.2) is 36.4 Å². The second kappa shape index (κ2) is 6.23. The fourth-order valence-corrected chi connectivity index (χ4v) is 2.81. The first kappa shape index (κ1) is 14.8. The highest BCUT2D eigenvalue weighted by Gasteiger charge is 2.11. The lowest BCUT2D eigenvalue weighted by atomic mass is 10.1. The third-order valence-corrected chi connectivity index (χ3v) is 3.84. The van der Waals surface area contributed by atoms with E-state index in [4.69, 9.17) is 46.4 Å². The molecule has 0 fully saturated rings. The summed E-state index contributed by atoms with van der Waals surface area (Å²) in [4.78, 5) is 0. The Hall–Kier alpha value is -0.600. The van der Waals surface area contributed by atoms with E-state index in [1.807, 2.05) is 25.1 Å². The molecule has 0 bridgehead atoms. The number of benzene rings is 2. The number of nitrogens with one attached hydrogen (secondary N) is 1. The smallest absolute Gasteiger partial charge is 0.0652 e. The van der Waals surface area contributed by atoms with E-state index in [1.165, 1.54) is 0 Å². The van der Waals surface area contributed by atoms with E-state index in [9.17, 15) is 0 Å². The fraction of sp³-hybridized carbons (Fsp3) is 0.143. The molecule has 1 atom stereocenters. The van der Waals surface area contributed by atoms with E-state index < -0.39 is 0 Å². The van der Waals surface area contributed by atoms with E-state index in [0.717, 1.165) is 11.3 Å². The van der Waals surface area contributed by atoms with Crippen LogP contribution in [-0.4, -0.2) is 0 Å². The SMILES string of the molecule is CC(Nc1ccc(Cl)cc1Cl)c1ccc(Cl)cc1Cl. The molecule has 2 rings (SSSR count). The van der Waals surface area contributed by atoms with Gasteiger partial charge in [0.2, 0.25) is 0 Å². The second-order valence-corrected chi connectivity index (χ2v) is 5.84. The fourth-order valence-electron chi connectivity index (χ4n) is 1.77. The van der Waals surface area contributed by atoms with Gasteiger partial charge in [0.25, 0.3) is 0 Å². The number of hydrogen-bond acceptors (Lipinski definition) is 1. The Kier molecular flexibility index (Phi) is 4.86. The quantitative estimate of drug-likeness (QED) is 0.677. The Labute approximate surface area is 132 Å². The second-order valence-electron chi connectivity index (χ2n) is 4.16. The highest BCUT2D eigenvalue weighted by atomic mass is 35.5. The molecule has 0 aliphatic rings. The van der Waals surface area contributed by atoms with Crippen LogP contribution in [0.25, 0.3) is 0 Å². The van der Waals surface area contributed by atoms with Gasteiger partial charge >= 0.3 is 0 Å². The summed E-state index contributed by atoms with van der Waals surface area (Å²) in [6.45, 7) is 2.00. The van der Waals surface area contributed by atoms with Gasteiger partial charge in [0.1, 0.15) is 0 Å². The van der Waals surface area contributed by atoms with Crippen molar-refractivity contribution in [3.8, 4) is 0 Å². The molecule has 1 nitrogen and oxygen atoms in total. The van der Waals surface area contributed by atoms with Crippen LogP contribution < -0.4 is 5.32 Å². The molecule has 0 aromatic heterocycles. The highest BCUT2D eigenvalue weighted by molar-refractivity contribution is 6.36. The average Bonchev–Trinajstić information content (AvgIpc) is 2.32. The summed E-state index contributed by atoms with van der Waals surface area (Å²) in [6.07, 6.45) is 0. The topological polar surface area (TPSA) is 12.0 Å². The molecular weight excluding hydrogens is 324 g/mol. The van der Waals surface area contributed by atoms with E-state index in [0.29, 0.717) is 20.1 Å². The first-order valence-corrected chi connectivity index (χ1v) is 7.15. The van der Waals surface area contributed by atoms with Gasteiger partial charge in [-0.15, -0.1) is 0 Å². The molecule has 0 spiro atoms. The third-order valence-electron chi connectivity index (χ3n) is 2.73. The normalized spacial score (nSPS) is 12.3. The molecule has 0 aliphatic carbocycles. The summed E-state index contributed by atoms with van der Waals surface area (Å²) in [5.74, 6) is 0. The number of hydrogen-bond donors (Lipinski definition) is 1. The summed E-state index contributed by atoms with van der Waals surface area (Å²) in [6, 6.07) is 10.7. The minimum absolute atomic E-state index is 0.00319. The molecule has 1 unspecified atom stereocenters. The lowest BCUT2D eigenvalue weighted by molar-refractivity contribution is 0.885. The molecule has 0 saturated heterocycles. The standard InChI is InChI=1S/C14H11Cl4N/c1-8(11-4-2-9(15)6-12(11)17)19-14-5-3-10(16)7-13(14)18/h2-8,19H,1H3. The van der Waals surface area contributed by atoms with Gasteiger partial charge in [-0.2, -0.15) is 0 Å². The van der Waals surface area contributed by atoms with Crippen molar-refractivity contribution in [1.82, 2.24) is 0 Å². The number of rotatable bonds is 3. The van der Waals surface area contributed by atoms with Crippen molar-refractivity contribution in [3.05, 3.63) is 62.1 Å². The molecule has 0 radical (unpaired) electrons. The Balaban J connectivity index is 2.23. The van der Waals surface area contributed by atoms with E-state index in [2.05, 4.69) is 5.32 Å². The minimum Gasteiger partial charge on any atom is -0.377 e.